The van der Waals surface area contributed by atoms with Gasteiger partial charge in [-0.05, 0) is 12.8 Å². The maximum Gasteiger partial charge on any atom is 0.0225 e. The number of allylic oxidation sites excluding steroid dienone is 4. The average Bonchev–Trinajstić information content (AvgIpc) is 2.36. The Morgan fingerprint density at radius 3 is 2.70 bits per heavy atom. The van der Waals surface area contributed by atoms with Crippen LogP contribution in [0.3, 0.4) is 0 Å². The Morgan fingerprint density at radius 2 is 2.10 bits per heavy atom. The minimum atomic E-state index is 1.18. The van der Waals surface area contributed by atoms with Gasteiger partial charge in [-0.2, -0.15) is 0 Å². The summed E-state index contributed by atoms with van der Waals surface area (Å²) in [5.41, 5.74) is 1.53. The minimum absolute atomic E-state index is 1.18. The summed E-state index contributed by atoms with van der Waals surface area (Å²) in [5, 5.41) is 0. The number of rotatable bonds is 3. The van der Waals surface area contributed by atoms with E-state index in [9.17, 15) is 0 Å². The Labute approximate surface area is 63.6 Å². The van der Waals surface area contributed by atoms with E-state index in [1.807, 2.05) is 0 Å². The third kappa shape index (κ3) is 1.50. The van der Waals surface area contributed by atoms with Crippen LogP contribution >= 0.6 is 0 Å². The van der Waals surface area contributed by atoms with Gasteiger partial charge >= 0.3 is 0 Å². The zero-order valence-corrected chi connectivity index (χ0v) is 6.85. The van der Waals surface area contributed by atoms with Crippen molar-refractivity contribution in [1.82, 2.24) is 0 Å². The third-order valence-electron chi connectivity index (χ3n) is 1.91. The van der Waals surface area contributed by atoms with Gasteiger partial charge < -0.3 is 0 Å². The molecule has 55 valence electrons. The highest BCUT2D eigenvalue weighted by Gasteiger charge is 2.11. The average molecular weight is 135 g/mol. The molecule has 0 aromatic carbocycles. The first-order valence-electron chi connectivity index (χ1n) is 4.12. The van der Waals surface area contributed by atoms with E-state index in [0.717, 1.165) is 0 Å². The highest BCUT2D eigenvalue weighted by Crippen LogP contribution is 2.27. The lowest BCUT2D eigenvalue weighted by atomic mass is 9.96. The molecule has 0 spiro atoms. The number of hydrogen-bond donors (Lipinski definition) is 0. The fraction of sp³-hybridized carbons (Fsp3) is 0.500. The molecule has 0 aromatic heterocycles. The second-order valence-corrected chi connectivity index (χ2v) is 2.68. The van der Waals surface area contributed by atoms with Gasteiger partial charge in [0, 0.05) is 5.92 Å². The quantitative estimate of drug-likeness (QED) is 0.557. The molecule has 10 heavy (non-hydrogen) atoms. The fourth-order valence-electron chi connectivity index (χ4n) is 1.35. The van der Waals surface area contributed by atoms with Crippen molar-refractivity contribution in [3.05, 3.63) is 29.7 Å². The van der Waals surface area contributed by atoms with Gasteiger partial charge in [0.15, 0.2) is 0 Å². The first-order valence-corrected chi connectivity index (χ1v) is 4.12. The van der Waals surface area contributed by atoms with Gasteiger partial charge in [0.25, 0.3) is 0 Å². The van der Waals surface area contributed by atoms with Crippen LogP contribution < -0.4 is 0 Å². The smallest absolute Gasteiger partial charge is 0.0225 e. The summed E-state index contributed by atoms with van der Waals surface area (Å²) in [6.45, 7) is 4.45. The van der Waals surface area contributed by atoms with Crippen LogP contribution in [0.4, 0.5) is 0 Å². The summed E-state index contributed by atoms with van der Waals surface area (Å²) >= 11 is 0. The van der Waals surface area contributed by atoms with E-state index in [4.69, 9.17) is 0 Å². The van der Waals surface area contributed by atoms with E-state index in [0.29, 0.717) is 0 Å². The molecule has 0 nitrogen and oxygen atoms in total. The van der Waals surface area contributed by atoms with E-state index in [1.54, 1.807) is 5.92 Å². The summed E-state index contributed by atoms with van der Waals surface area (Å²) in [5.74, 6) is 1.55. The monoisotopic (exact) mass is 135 g/mol. The lowest BCUT2D eigenvalue weighted by molar-refractivity contribution is 0.839. The van der Waals surface area contributed by atoms with Crippen LogP contribution in [-0.2, 0) is 0 Å². The van der Waals surface area contributed by atoms with Crippen LogP contribution in [0.5, 0.6) is 0 Å². The van der Waals surface area contributed by atoms with Crippen LogP contribution in [0.2, 0.25) is 0 Å². The molecular formula is C10H15. The Bertz CT molecular complexity index is 151. The first kappa shape index (κ1) is 7.59. The summed E-state index contributed by atoms with van der Waals surface area (Å²) in [7, 11) is 0. The van der Waals surface area contributed by atoms with Gasteiger partial charge in [-0.1, -0.05) is 44.1 Å². The molecule has 0 aliphatic heterocycles. The largest absolute Gasteiger partial charge is 0.0731 e. The van der Waals surface area contributed by atoms with Crippen molar-refractivity contribution in [2.24, 2.45) is 0 Å². The Morgan fingerprint density at radius 1 is 1.30 bits per heavy atom. The molecule has 0 saturated heterocycles. The number of hydrogen-bond acceptors (Lipinski definition) is 0. The van der Waals surface area contributed by atoms with Crippen molar-refractivity contribution in [3.8, 4) is 0 Å². The fourth-order valence-corrected chi connectivity index (χ4v) is 1.35. The normalized spacial score (nSPS) is 18.0. The molecule has 0 amide bonds. The second kappa shape index (κ2) is 3.60. The molecular weight excluding hydrogens is 120 g/mol. The van der Waals surface area contributed by atoms with Crippen LogP contribution in [0.15, 0.2) is 23.8 Å². The van der Waals surface area contributed by atoms with Crippen molar-refractivity contribution >= 4 is 0 Å². The molecule has 0 saturated carbocycles. The zero-order chi connectivity index (χ0) is 7.40. The van der Waals surface area contributed by atoms with Gasteiger partial charge in [0.2, 0.25) is 0 Å². The summed E-state index contributed by atoms with van der Waals surface area (Å²) in [6.07, 6.45) is 10.3. The van der Waals surface area contributed by atoms with Gasteiger partial charge in [-0.15, -0.1) is 0 Å². The molecule has 0 unspecified atom stereocenters. The standard InChI is InChI=1S/C10H15/c1-3-6-10-8-5-7-9(10)4-2/h5,7-8H,3-4,6H2,1-2H3. The van der Waals surface area contributed by atoms with Crippen LogP contribution in [0.25, 0.3) is 0 Å². The molecule has 0 bridgehead atoms. The molecule has 0 heteroatoms. The van der Waals surface area contributed by atoms with Crippen LogP contribution in [0, 0.1) is 5.92 Å². The molecule has 0 aromatic rings. The van der Waals surface area contributed by atoms with Crippen LogP contribution in [0.1, 0.15) is 33.1 Å². The molecule has 0 N–H and O–H groups in total. The highest BCUT2D eigenvalue weighted by atomic mass is 14.2. The predicted octanol–water partition coefficient (Wildman–Crippen LogP) is 3.27. The molecule has 1 aliphatic rings. The summed E-state index contributed by atoms with van der Waals surface area (Å²) in [4.78, 5) is 0. The topological polar surface area (TPSA) is 0 Å². The molecule has 0 fully saturated rings. The molecule has 1 aliphatic carbocycles. The van der Waals surface area contributed by atoms with Crippen molar-refractivity contribution in [2.45, 2.75) is 33.1 Å². The second-order valence-electron chi connectivity index (χ2n) is 2.68. The van der Waals surface area contributed by atoms with E-state index in [2.05, 4.69) is 32.1 Å². The minimum Gasteiger partial charge on any atom is -0.0731 e. The van der Waals surface area contributed by atoms with Crippen molar-refractivity contribution in [2.75, 3.05) is 0 Å². The Kier molecular flexibility index (Phi) is 2.73. The molecule has 0 atom stereocenters. The Hall–Kier alpha value is -0.520. The lowest BCUT2D eigenvalue weighted by Crippen LogP contribution is -1.92. The first-order chi connectivity index (χ1) is 4.88. The Balaban J connectivity index is 2.45. The van der Waals surface area contributed by atoms with E-state index in [1.165, 1.54) is 24.8 Å². The summed E-state index contributed by atoms with van der Waals surface area (Å²) in [6, 6.07) is 0. The van der Waals surface area contributed by atoms with E-state index < -0.39 is 0 Å². The lowest BCUT2D eigenvalue weighted by Gasteiger charge is -2.08. The van der Waals surface area contributed by atoms with E-state index >= 15 is 0 Å². The highest BCUT2D eigenvalue weighted by molar-refractivity contribution is 5.42. The zero-order valence-electron chi connectivity index (χ0n) is 6.85. The predicted molar refractivity (Wildman–Crippen MR) is 45.7 cm³/mol. The van der Waals surface area contributed by atoms with Crippen LogP contribution in [-0.4, -0.2) is 0 Å². The van der Waals surface area contributed by atoms with Gasteiger partial charge in [-0.25, -0.2) is 0 Å². The molecule has 1 radical (unpaired) electrons. The maximum absolute atomic E-state index is 2.24. The summed E-state index contributed by atoms with van der Waals surface area (Å²) < 4.78 is 0. The van der Waals surface area contributed by atoms with Gasteiger partial charge in [-0.3, -0.25) is 0 Å². The van der Waals surface area contributed by atoms with Crippen molar-refractivity contribution < 1.29 is 0 Å². The molecule has 0 heterocycles. The van der Waals surface area contributed by atoms with Crippen molar-refractivity contribution in [3.63, 3.8) is 0 Å². The van der Waals surface area contributed by atoms with E-state index in [-0.39, 0.29) is 0 Å². The van der Waals surface area contributed by atoms with Gasteiger partial charge in [0.05, 0.1) is 0 Å². The van der Waals surface area contributed by atoms with Crippen molar-refractivity contribution in [1.29, 1.82) is 0 Å². The third-order valence-corrected chi connectivity index (χ3v) is 1.91. The van der Waals surface area contributed by atoms with Gasteiger partial charge in [0.1, 0.15) is 0 Å². The maximum atomic E-state index is 2.24. The SMILES string of the molecule is CCC[C]1C=CC=C1CC. The molecule has 1 rings (SSSR count).